The highest BCUT2D eigenvalue weighted by Gasteiger charge is 2.23. The van der Waals surface area contributed by atoms with Gasteiger partial charge in [-0.2, -0.15) is 0 Å². The van der Waals surface area contributed by atoms with E-state index in [0.717, 1.165) is 20.1 Å². The van der Waals surface area contributed by atoms with Crippen molar-refractivity contribution in [1.29, 1.82) is 0 Å². The number of carbonyl (C=O) groups is 1. The smallest absolute Gasteiger partial charge is 0.367 e. The van der Waals surface area contributed by atoms with Crippen molar-refractivity contribution >= 4 is 49.6 Å². The molecule has 0 fully saturated rings. The fourth-order valence-corrected chi connectivity index (χ4v) is 3.73. The summed E-state index contributed by atoms with van der Waals surface area (Å²) in [4.78, 5) is 16.5. The number of benzene rings is 2. The number of oxime groups is 1. The Kier molecular flexibility index (Phi) is 5.39. The molecule has 1 heterocycles. The zero-order chi connectivity index (χ0) is 18.0. The van der Waals surface area contributed by atoms with Gasteiger partial charge >= 0.3 is 5.97 Å². The quantitative estimate of drug-likeness (QED) is 0.448. The Bertz CT molecular complexity index is 886. The Labute approximate surface area is 162 Å². The minimum atomic E-state index is -0.460. The third-order valence-electron chi connectivity index (χ3n) is 3.72. The molecule has 1 aliphatic heterocycles. The third kappa shape index (κ3) is 4.19. The average molecular weight is 465 g/mol. The summed E-state index contributed by atoms with van der Waals surface area (Å²) in [6, 6.07) is 12.0. The number of nitrogens with zero attached hydrogens (tertiary/aromatic N) is 1. The Hall–Kier alpha value is -1.92. The van der Waals surface area contributed by atoms with Crippen LogP contribution in [0.25, 0.3) is 6.08 Å². The van der Waals surface area contributed by atoms with Crippen LogP contribution in [0.5, 0.6) is 5.75 Å². The van der Waals surface area contributed by atoms with Crippen molar-refractivity contribution < 1.29 is 14.4 Å². The van der Waals surface area contributed by atoms with Crippen LogP contribution < -0.4 is 4.74 Å². The highest BCUT2D eigenvalue weighted by atomic mass is 79.9. The van der Waals surface area contributed by atoms with E-state index in [-0.39, 0.29) is 0 Å². The first-order chi connectivity index (χ1) is 11.9. The van der Waals surface area contributed by atoms with Gasteiger partial charge in [0, 0.05) is 10.0 Å². The molecule has 0 unspecified atom stereocenters. The van der Waals surface area contributed by atoms with Crippen LogP contribution in [0.15, 0.2) is 56.1 Å². The van der Waals surface area contributed by atoms with Gasteiger partial charge in [-0.25, -0.2) is 4.79 Å². The van der Waals surface area contributed by atoms with Crippen LogP contribution in [0.1, 0.15) is 23.6 Å². The summed E-state index contributed by atoms with van der Waals surface area (Å²) in [6.07, 6.45) is 1.73. The van der Waals surface area contributed by atoms with Crippen LogP contribution in [-0.2, 0) is 16.2 Å². The normalized spacial score (nSPS) is 15.3. The molecule has 25 heavy (non-hydrogen) atoms. The van der Waals surface area contributed by atoms with Crippen LogP contribution in [0.3, 0.4) is 0 Å². The zero-order valence-corrected chi connectivity index (χ0v) is 16.8. The fourth-order valence-electron chi connectivity index (χ4n) is 2.35. The molecule has 0 spiro atoms. The van der Waals surface area contributed by atoms with Gasteiger partial charge in [0.2, 0.25) is 0 Å². The van der Waals surface area contributed by atoms with Gasteiger partial charge in [-0.15, -0.1) is 0 Å². The van der Waals surface area contributed by atoms with E-state index in [1.807, 2.05) is 43.3 Å². The minimum Gasteiger partial charge on any atom is -0.487 e. The van der Waals surface area contributed by atoms with E-state index in [0.29, 0.717) is 23.6 Å². The van der Waals surface area contributed by atoms with Crippen molar-refractivity contribution in [3.05, 3.63) is 67.6 Å². The zero-order valence-electron chi connectivity index (χ0n) is 13.7. The lowest BCUT2D eigenvalue weighted by Crippen LogP contribution is -2.03. The number of hydrogen-bond acceptors (Lipinski definition) is 4. The highest BCUT2D eigenvalue weighted by molar-refractivity contribution is 9.11. The van der Waals surface area contributed by atoms with Gasteiger partial charge in [0.1, 0.15) is 12.4 Å². The number of rotatable bonds is 4. The van der Waals surface area contributed by atoms with Crippen molar-refractivity contribution in [3.63, 3.8) is 0 Å². The maximum absolute atomic E-state index is 11.8. The molecule has 0 amide bonds. The van der Waals surface area contributed by atoms with E-state index in [2.05, 4.69) is 37.0 Å². The van der Waals surface area contributed by atoms with Crippen LogP contribution in [-0.4, -0.2) is 11.7 Å². The second kappa shape index (κ2) is 7.54. The first-order valence-electron chi connectivity index (χ1n) is 7.59. The summed E-state index contributed by atoms with van der Waals surface area (Å²) >= 11 is 7.00. The number of aryl methyl sites for hydroxylation is 1. The van der Waals surface area contributed by atoms with Gasteiger partial charge in [-0.1, -0.05) is 50.9 Å². The molecule has 0 radical (unpaired) electrons. The lowest BCUT2D eigenvalue weighted by atomic mass is 10.1. The molecular weight excluding hydrogens is 450 g/mol. The monoisotopic (exact) mass is 463 g/mol. The standard InChI is InChI=1S/C19H15Br2NO3/c1-11-3-5-13(6-4-11)10-24-18-14(7-15(20)9-17(18)21)8-16-12(2)22-25-19(16)23/h3-9H,10H2,1-2H3/b16-8-. The maximum Gasteiger partial charge on any atom is 0.367 e. The number of hydrogen-bond donors (Lipinski definition) is 0. The highest BCUT2D eigenvalue weighted by Crippen LogP contribution is 2.35. The second-order valence-electron chi connectivity index (χ2n) is 5.69. The van der Waals surface area contributed by atoms with Gasteiger partial charge in [-0.3, -0.25) is 0 Å². The van der Waals surface area contributed by atoms with Gasteiger partial charge < -0.3 is 9.57 Å². The predicted molar refractivity (Wildman–Crippen MR) is 105 cm³/mol. The fraction of sp³-hybridized carbons (Fsp3) is 0.158. The summed E-state index contributed by atoms with van der Waals surface area (Å²) in [6.45, 7) is 4.20. The van der Waals surface area contributed by atoms with Crippen molar-refractivity contribution in [2.75, 3.05) is 0 Å². The van der Waals surface area contributed by atoms with Crippen LogP contribution in [0.2, 0.25) is 0 Å². The van der Waals surface area contributed by atoms with Gasteiger partial charge in [0.25, 0.3) is 0 Å². The van der Waals surface area contributed by atoms with Crippen LogP contribution >= 0.6 is 31.9 Å². The van der Waals surface area contributed by atoms with Crippen LogP contribution in [0.4, 0.5) is 0 Å². The molecule has 2 aromatic carbocycles. The predicted octanol–water partition coefficient (Wildman–Crippen LogP) is 5.42. The van der Waals surface area contributed by atoms with Crippen molar-refractivity contribution in [3.8, 4) is 5.75 Å². The first kappa shape index (κ1) is 17.9. The molecule has 4 nitrogen and oxygen atoms in total. The minimum absolute atomic E-state index is 0.421. The molecule has 0 aromatic heterocycles. The number of ether oxygens (including phenoxy) is 1. The Morgan fingerprint density at radius 1 is 1.16 bits per heavy atom. The Morgan fingerprint density at radius 2 is 1.88 bits per heavy atom. The molecule has 2 aromatic rings. The molecule has 3 rings (SSSR count). The summed E-state index contributed by atoms with van der Waals surface area (Å²) in [5.41, 5.74) is 4.00. The molecule has 0 aliphatic carbocycles. The van der Waals surface area contributed by atoms with E-state index in [4.69, 9.17) is 9.57 Å². The first-order valence-corrected chi connectivity index (χ1v) is 9.18. The van der Waals surface area contributed by atoms with Crippen molar-refractivity contribution in [2.45, 2.75) is 20.5 Å². The Balaban J connectivity index is 1.93. The molecule has 0 saturated carbocycles. The average Bonchev–Trinajstić information content (AvgIpc) is 2.87. The van der Waals surface area contributed by atoms with E-state index in [1.165, 1.54) is 5.56 Å². The summed E-state index contributed by atoms with van der Waals surface area (Å²) in [5, 5.41) is 3.71. The maximum atomic E-state index is 11.8. The second-order valence-corrected chi connectivity index (χ2v) is 7.46. The van der Waals surface area contributed by atoms with E-state index in [9.17, 15) is 4.79 Å². The number of halogens is 2. The van der Waals surface area contributed by atoms with E-state index < -0.39 is 5.97 Å². The molecule has 0 N–H and O–H groups in total. The van der Waals surface area contributed by atoms with E-state index in [1.54, 1.807) is 13.0 Å². The van der Waals surface area contributed by atoms with Gasteiger partial charge in [-0.05, 0) is 53.5 Å². The number of carbonyl (C=O) groups excluding carboxylic acids is 1. The molecular formula is C19H15Br2NO3. The molecule has 0 saturated heterocycles. The van der Waals surface area contributed by atoms with Gasteiger partial charge in [0.05, 0.1) is 15.8 Å². The topological polar surface area (TPSA) is 47.9 Å². The summed E-state index contributed by atoms with van der Waals surface area (Å²) in [7, 11) is 0. The molecule has 0 bridgehead atoms. The molecule has 0 atom stereocenters. The summed E-state index contributed by atoms with van der Waals surface area (Å²) < 4.78 is 7.69. The van der Waals surface area contributed by atoms with E-state index >= 15 is 0 Å². The Morgan fingerprint density at radius 3 is 2.52 bits per heavy atom. The summed E-state index contributed by atoms with van der Waals surface area (Å²) in [5.74, 6) is 0.196. The van der Waals surface area contributed by atoms with Crippen molar-refractivity contribution in [2.24, 2.45) is 5.16 Å². The largest absolute Gasteiger partial charge is 0.487 e. The van der Waals surface area contributed by atoms with Crippen LogP contribution in [0, 0.1) is 6.92 Å². The van der Waals surface area contributed by atoms with Crippen molar-refractivity contribution in [1.82, 2.24) is 0 Å². The molecule has 128 valence electrons. The molecule has 6 heteroatoms. The lowest BCUT2D eigenvalue weighted by Gasteiger charge is -2.13. The molecule has 1 aliphatic rings. The van der Waals surface area contributed by atoms with Gasteiger partial charge in [0.15, 0.2) is 0 Å². The lowest BCUT2D eigenvalue weighted by molar-refractivity contribution is -0.136. The SMILES string of the molecule is CC1=NOC(=O)/C1=C\c1cc(Br)cc(Br)c1OCc1ccc(C)cc1. The third-order valence-corrected chi connectivity index (χ3v) is 4.76.